The maximum Gasteiger partial charge on any atom is 0.222 e. The van der Waals surface area contributed by atoms with Crippen molar-refractivity contribution in [3.63, 3.8) is 0 Å². The lowest BCUT2D eigenvalue weighted by Crippen LogP contribution is -2.49. The van der Waals surface area contributed by atoms with Crippen LogP contribution in [-0.2, 0) is 4.79 Å². The third kappa shape index (κ3) is 3.15. The minimum Gasteiger partial charge on any atom is -0.368 e. The van der Waals surface area contributed by atoms with Gasteiger partial charge in [0.25, 0.3) is 0 Å². The number of carbonyl (C=O) groups is 1. The molecule has 130 valence electrons. The monoisotopic (exact) mass is 346 g/mol. The first kappa shape index (κ1) is 16.3. The number of benzene rings is 1. The van der Waals surface area contributed by atoms with Gasteiger partial charge in [-0.1, -0.05) is 24.1 Å². The lowest BCUT2D eigenvalue weighted by molar-refractivity contribution is -0.132. The number of rotatable bonds is 3. The van der Waals surface area contributed by atoms with E-state index >= 15 is 0 Å². The van der Waals surface area contributed by atoms with Crippen LogP contribution in [0.3, 0.4) is 0 Å². The third-order valence-electron chi connectivity index (χ3n) is 6.47. The third-order valence-corrected chi connectivity index (χ3v) is 6.70. The molecule has 0 radical (unpaired) electrons. The zero-order valence-corrected chi connectivity index (χ0v) is 15.3. The molecule has 4 rings (SSSR count). The van der Waals surface area contributed by atoms with Gasteiger partial charge in [0.05, 0.1) is 0 Å². The molecule has 2 bridgehead atoms. The van der Waals surface area contributed by atoms with E-state index in [2.05, 4.69) is 22.8 Å². The van der Waals surface area contributed by atoms with E-state index in [-0.39, 0.29) is 0 Å². The van der Waals surface area contributed by atoms with E-state index in [0.717, 1.165) is 49.5 Å². The van der Waals surface area contributed by atoms with E-state index in [1.807, 2.05) is 12.1 Å². The summed E-state index contributed by atoms with van der Waals surface area (Å²) >= 11 is 6.15. The van der Waals surface area contributed by atoms with Gasteiger partial charge in [-0.15, -0.1) is 0 Å². The first-order valence-electron chi connectivity index (χ1n) is 9.39. The van der Waals surface area contributed by atoms with Crippen molar-refractivity contribution in [3.05, 3.63) is 28.8 Å². The van der Waals surface area contributed by atoms with E-state index in [4.69, 9.17) is 11.6 Å². The van der Waals surface area contributed by atoms with Crippen LogP contribution >= 0.6 is 11.6 Å². The summed E-state index contributed by atoms with van der Waals surface area (Å²) in [7, 11) is 0. The number of amides is 1. The fourth-order valence-electron chi connectivity index (χ4n) is 5.10. The van der Waals surface area contributed by atoms with Crippen LogP contribution in [0, 0.1) is 24.7 Å². The Labute approximate surface area is 150 Å². The lowest BCUT2D eigenvalue weighted by Gasteiger charge is -2.37. The summed E-state index contributed by atoms with van der Waals surface area (Å²) < 4.78 is 0. The summed E-state index contributed by atoms with van der Waals surface area (Å²) in [6.07, 6.45) is 6.26. The Morgan fingerprint density at radius 2 is 1.96 bits per heavy atom. The highest BCUT2D eigenvalue weighted by atomic mass is 35.5. The van der Waals surface area contributed by atoms with Crippen molar-refractivity contribution in [3.8, 4) is 0 Å². The lowest BCUT2D eigenvalue weighted by atomic mass is 9.86. The Kier molecular flexibility index (Phi) is 4.46. The molecule has 4 heteroatoms. The maximum absolute atomic E-state index is 12.7. The van der Waals surface area contributed by atoms with Gasteiger partial charge in [0, 0.05) is 43.3 Å². The average Bonchev–Trinajstić information content (AvgIpc) is 3.20. The van der Waals surface area contributed by atoms with Crippen LogP contribution < -0.4 is 4.90 Å². The quantitative estimate of drug-likeness (QED) is 0.821. The molecule has 3 atom stereocenters. The molecule has 24 heavy (non-hydrogen) atoms. The molecule has 0 unspecified atom stereocenters. The average molecular weight is 347 g/mol. The predicted molar refractivity (Wildman–Crippen MR) is 98.5 cm³/mol. The first-order chi connectivity index (χ1) is 11.6. The number of nitrogens with zero attached hydrogens (tertiary/aromatic N) is 2. The summed E-state index contributed by atoms with van der Waals surface area (Å²) in [5.41, 5.74) is 2.46. The van der Waals surface area contributed by atoms with Crippen LogP contribution in [0.15, 0.2) is 18.2 Å². The fourth-order valence-corrected chi connectivity index (χ4v) is 5.27. The standard InChI is InChI=1S/C20H27ClN2O/c1-14-2-5-18(21)13-19(14)22-6-8-23(9-7-22)20(24)12-17-11-15-3-4-16(17)10-15/h2,5,13,15-17H,3-4,6-12H2,1H3/t15-,16-,17-/m1/s1. The van der Waals surface area contributed by atoms with Crippen molar-refractivity contribution in [2.75, 3.05) is 31.1 Å². The molecule has 3 nitrogen and oxygen atoms in total. The smallest absolute Gasteiger partial charge is 0.222 e. The van der Waals surface area contributed by atoms with Crippen LogP contribution in [0.5, 0.6) is 0 Å². The topological polar surface area (TPSA) is 23.6 Å². The zero-order valence-electron chi connectivity index (χ0n) is 14.5. The van der Waals surface area contributed by atoms with Crippen molar-refractivity contribution in [2.45, 2.75) is 39.0 Å². The van der Waals surface area contributed by atoms with Gasteiger partial charge in [-0.2, -0.15) is 0 Å². The number of carbonyl (C=O) groups excluding carboxylic acids is 1. The fraction of sp³-hybridized carbons (Fsp3) is 0.650. The predicted octanol–water partition coefficient (Wildman–Crippen LogP) is 4.12. The number of hydrogen-bond donors (Lipinski definition) is 0. The normalized spacial score (nSPS) is 29.3. The van der Waals surface area contributed by atoms with E-state index in [1.165, 1.54) is 36.9 Å². The highest BCUT2D eigenvalue weighted by Gasteiger charge is 2.40. The van der Waals surface area contributed by atoms with Gasteiger partial charge in [-0.25, -0.2) is 0 Å². The number of halogens is 1. The van der Waals surface area contributed by atoms with Gasteiger partial charge in [0.1, 0.15) is 0 Å². The van der Waals surface area contributed by atoms with Crippen molar-refractivity contribution in [1.82, 2.24) is 4.90 Å². The SMILES string of the molecule is Cc1ccc(Cl)cc1N1CCN(C(=O)C[C@H]2C[C@@H]3CC[C@@H]2C3)CC1. The summed E-state index contributed by atoms with van der Waals surface area (Å²) in [4.78, 5) is 17.1. The molecule has 1 amide bonds. The van der Waals surface area contributed by atoms with E-state index in [0.29, 0.717) is 11.8 Å². The molecule has 1 aliphatic heterocycles. The molecule has 1 aromatic rings. The largest absolute Gasteiger partial charge is 0.368 e. The highest BCUT2D eigenvalue weighted by molar-refractivity contribution is 6.30. The van der Waals surface area contributed by atoms with Crippen molar-refractivity contribution >= 4 is 23.2 Å². The van der Waals surface area contributed by atoms with Crippen LogP contribution in [0.25, 0.3) is 0 Å². The highest BCUT2D eigenvalue weighted by Crippen LogP contribution is 2.49. The second kappa shape index (κ2) is 6.59. The van der Waals surface area contributed by atoms with Crippen molar-refractivity contribution < 1.29 is 4.79 Å². The molecular weight excluding hydrogens is 320 g/mol. The van der Waals surface area contributed by atoms with Gasteiger partial charge >= 0.3 is 0 Å². The minimum atomic E-state index is 0.384. The summed E-state index contributed by atoms with van der Waals surface area (Å²) in [6.45, 7) is 5.61. The zero-order chi connectivity index (χ0) is 16.7. The van der Waals surface area contributed by atoms with Gasteiger partial charge in [0.15, 0.2) is 0 Å². The van der Waals surface area contributed by atoms with E-state index < -0.39 is 0 Å². The molecule has 1 saturated heterocycles. The molecular formula is C20H27ClN2O. The number of aryl methyl sites for hydroxylation is 1. The second-order valence-corrected chi connectivity index (χ2v) is 8.37. The molecule has 1 aromatic carbocycles. The Bertz CT molecular complexity index is 624. The summed E-state index contributed by atoms with van der Waals surface area (Å²) in [5.74, 6) is 2.82. The summed E-state index contributed by atoms with van der Waals surface area (Å²) in [6, 6.07) is 6.06. The van der Waals surface area contributed by atoms with Gasteiger partial charge in [-0.3, -0.25) is 4.79 Å². The molecule has 3 fully saturated rings. The van der Waals surface area contributed by atoms with Crippen LogP contribution in [0.4, 0.5) is 5.69 Å². The Balaban J connectivity index is 1.32. The molecule has 2 saturated carbocycles. The summed E-state index contributed by atoms with van der Waals surface area (Å²) in [5, 5.41) is 0.783. The van der Waals surface area contributed by atoms with Gasteiger partial charge < -0.3 is 9.80 Å². The van der Waals surface area contributed by atoms with Crippen molar-refractivity contribution in [2.24, 2.45) is 17.8 Å². The van der Waals surface area contributed by atoms with Crippen molar-refractivity contribution in [1.29, 1.82) is 0 Å². The number of anilines is 1. The Hall–Kier alpha value is -1.22. The maximum atomic E-state index is 12.7. The van der Waals surface area contributed by atoms with Crippen LogP contribution in [0.1, 0.15) is 37.7 Å². The molecule has 2 aliphatic carbocycles. The molecule has 0 N–H and O–H groups in total. The van der Waals surface area contributed by atoms with Crippen LogP contribution in [-0.4, -0.2) is 37.0 Å². The Morgan fingerprint density at radius 1 is 1.17 bits per heavy atom. The van der Waals surface area contributed by atoms with Crippen LogP contribution in [0.2, 0.25) is 5.02 Å². The number of piperazine rings is 1. The first-order valence-corrected chi connectivity index (χ1v) is 9.77. The number of hydrogen-bond acceptors (Lipinski definition) is 2. The van der Waals surface area contributed by atoms with Gasteiger partial charge in [-0.05, 0) is 61.6 Å². The molecule has 0 spiro atoms. The Morgan fingerprint density at radius 3 is 2.62 bits per heavy atom. The molecule has 3 aliphatic rings. The number of fused-ring (bicyclic) bond motifs is 2. The van der Waals surface area contributed by atoms with Gasteiger partial charge in [0.2, 0.25) is 5.91 Å². The molecule has 0 aromatic heterocycles. The molecule has 1 heterocycles. The van der Waals surface area contributed by atoms with E-state index in [9.17, 15) is 4.79 Å². The minimum absolute atomic E-state index is 0.384. The van der Waals surface area contributed by atoms with E-state index in [1.54, 1.807) is 0 Å². The second-order valence-electron chi connectivity index (χ2n) is 7.94.